The van der Waals surface area contributed by atoms with Crippen LogP contribution in [0.15, 0.2) is 24.3 Å². The second-order valence-corrected chi connectivity index (χ2v) is 6.67. The fourth-order valence-corrected chi connectivity index (χ4v) is 2.61. The van der Waals surface area contributed by atoms with Crippen molar-refractivity contribution in [2.24, 2.45) is 5.41 Å². The highest BCUT2D eigenvalue weighted by atomic mass is 16.2. The topological polar surface area (TPSA) is 75.3 Å². The van der Waals surface area contributed by atoms with E-state index in [1.54, 1.807) is 38.1 Å². The zero-order valence-electron chi connectivity index (χ0n) is 13.9. The molecule has 0 spiro atoms. The summed E-state index contributed by atoms with van der Waals surface area (Å²) in [5.41, 5.74) is 0.00458. The molecule has 1 fully saturated rings. The highest BCUT2D eigenvalue weighted by Gasteiger charge is 2.37. The van der Waals surface area contributed by atoms with Crippen molar-refractivity contribution in [1.82, 2.24) is 5.32 Å². The Morgan fingerprint density at radius 1 is 1.00 bits per heavy atom. The molecule has 2 N–H and O–H groups in total. The molecule has 1 aliphatic rings. The van der Waals surface area contributed by atoms with Gasteiger partial charge in [-0.05, 0) is 57.9 Å². The van der Waals surface area contributed by atoms with E-state index in [-0.39, 0.29) is 23.6 Å². The molecule has 1 aromatic rings. The molecule has 0 atom stereocenters. The summed E-state index contributed by atoms with van der Waals surface area (Å²) in [6.07, 6.45) is 4.21. The minimum absolute atomic E-state index is 0.0286. The van der Waals surface area contributed by atoms with Crippen LogP contribution in [0.5, 0.6) is 0 Å². The summed E-state index contributed by atoms with van der Waals surface area (Å²) in [4.78, 5) is 36.1. The lowest BCUT2D eigenvalue weighted by molar-refractivity contribution is -0.138. The van der Waals surface area contributed by atoms with E-state index < -0.39 is 5.41 Å². The number of benzene rings is 1. The lowest BCUT2D eigenvalue weighted by Crippen LogP contribution is -2.47. The van der Waals surface area contributed by atoms with Gasteiger partial charge in [-0.3, -0.25) is 14.4 Å². The van der Waals surface area contributed by atoms with E-state index in [0.717, 1.165) is 25.7 Å². The van der Waals surface area contributed by atoms with Crippen molar-refractivity contribution >= 4 is 23.3 Å². The molecule has 5 heteroatoms. The first kappa shape index (κ1) is 17.2. The summed E-state index contributed by atoms with van der Waals surface area (Å²) >= 11 is 0. The number of anilines is 1. The van der Waals surface area contributed by atoms with Crippen molar-refractivity contribution in [3.8, 4) is 0 Å². The molecular weight excluding hydrogens is 292 g/mol. The van der Waals surface area contributed by atoms with E-state index in [2.05, 4.69) is 10.6 Å². The quantitative estimate of drug-likeness (QED) is 0.648. The molecule has 0 saturated heterocycles. The minimum Gasteiger partial charge on any atom is -0.352 e. The number of rotatable bonds is 5. The average Bonchev–Trinajstić information content (AvgIpc) is 3.00. The molecule has 124 valence electrons. The molecule has 1 saturated carbocycles. The van der Waals surface area contributed by atoms with Crippen LogP contribution >= 0.6 is 0 Å². The van der Waals surface area contributed by atoms with E-state index in [0.29, 0.717) is 11.3 Å². The SMILES string of the molecule is CC(=O)c1ccc(NC(=O)C(C)(C)C(=O)NC2CCCC2)cc1. The Kier molecular flexibility index (Phi) is 5.19. The molecule has 1 aromatic carbocycles. The van der Waals surface area contributed by atoms with Gasteiger partial charge in [0, 0.05) is 17.3 Å². The maximum absolute atomic E-state index is 12.4. The first-order valence-electron chi connectivity index (χ1n) is 8.04. The van der Waals surface area contributed by atoms with Crippen molar-refractivity contribution < 1.29 is 14.4 Å². The molecular formula is C18H24N2O3. The Bertz CT molecular complexity index is 599. The fourth-order valence-electron chi connectivity index (χ4n) is 2.61. The van der Waals surface area contributed by atoms with Gasteiger partial charge in [0.2, 0.25) is 11.8 Å². The third-order valence-electron chi connectivity index (χ3n) is 4.37. The van der Waals surface area contributed by atoms with Crippen molar-refractivity contribution in [1.29, 1.82) is 0 Å². The molecule has 1 aliphatic carbocycles. The van der Waals surface area contributed by atoms with Crippen LogP contribution < -0.4 is 10.6 Å². The van der Waals surface area contributed by atoms with Crippen molar-refractivity contribution in [2.75, 3.05) is 5.32 Å². The highest BCUT2D eigenvalue weighted by molar-refractivity contribution is 6.10. The van der Waals surface area contributed by atoms with Gasteiger partial charge in [0.1, 0.15) is 5.41 Å². The summed E-state index contributed by atoms with van der Waals surface area (Å²) in [5, 5.41) is 5.71. The van der Waals surface area contributed by atoms with Crippen LogP contribution in [0, 0.1) is 5.41 Å². The number of Topliss-reactive ketones (excluding diaryl/α,β-unsaturated/α-hetero) is 1. The molecule has 0 aliphatic heterocycles. The summed E-state index contributed by atoms with van der Waals surface area (Å²) in [6, 6.07) is 6.83. The van der Waals surface area contributed by atoms with Gasteiger partial charge in [0.15, 0.2) is 5.78 Å². The predicted molar refractivity (Wildman–Crippen MR) is 89.3 cm³/mol. The van der Waals surface area contributed by atoms with Gasteiger partial charge in [0.25, 0.3) is 0 Å². The van der Waals surface area contributed by atoms with Crippen LogP contribution in [0.1, 0.15) is 56.8 Å². The maximum atomic E-state index is 12.4. The number of hydrogen-bond acceptors (Lipinski definition) is 3. The zero-order valence-corrected chi connectivity index (χ0v) is 13.9. The zero-order chi connectivity index (χ0) is 17.0. The first-order chi connectivity index (χ1) is 10.8. The van der Waals surface area contributed by atoms with E-state index in [1.165, 1.54) is 6.92 Å². The van der Waals surface area contributed by atoms with Gasteiger partial charge in [0.05, 0.1) is 0 Å². The van der Waals surface area contributed by atoms with E-state index in [1.807, 2.05) is 0 Å². The molecule has 0 heterocycles. The van der Waals surface area contributed by atoms with Crippen LogP contribution in [0.3, 0.4) is 0 Å². The summed E-state index contributed by atoms with van der Waals surface area (Å²) in [7, 11) is 0. The second kappa shape index (κ2) is 6.94. The van der Waals surface area contributed by atoms with Gasteiger partial charge < -0.3 is 10.6 Å². The second-order valence-electron chi connectivity index (χ2n) is 6.67. The lowest BCUT2D eigenvalue weighted by Gasteiger charge is -2.25. The molecule has 0 unspecified atom stereocenters. The smallest absolute Gasteiger partial charge is 0.239 e. The van der Waals surface area contributed by atoms with E-state index >= 15 is 0 Å². The molecule has 23 heavy (non-hydrogen) atoms. The van der Waals surface area contributed by atoms with Crippen LogP contribution in [0.25, 0.3) is 0 Å². The molecule has 5 nitrogen and oxygen atoms in total. The van der Waals surface area contributed by atoms with E-state index in [9.17, 15) is 14.4 Å². The Labute approximate surface area is 136 Å². The fraction of sp³-hybridized carbons (Fsp3) is 0.500. The van der Waals surface area contributed by atoms with Gasteiger partial charge in [-0.2, -0.15) is 0 Å². The van der Waals surface area contributed by atoms with Crippen LogP contribution in [0.4, 0.5) is 5.69 Å². The summed E-state index contributed by atoms with van der Waals surface area (Å²) < 4.78 is 0. The number of hydrogen-bond donors (Lipinski definition) is 2. The van der Waals surface area contributed by atoms with Crippen LogP contribution in [-0.4, -0.2) is 23.6 Å². The van der Waals surface area contributed by atoms with Gasteiger partial charge in [-0.15, -0.1) is 0 Å². The number of ketones is 1. The summed E-state index contributed by atoms with van der Waals surface area (Å²) in [6.45, 7) is 4.73. The average molecular weight is 316 g/mol. The highest BCUT2D eigenvalue weighted by Crippen LogP contribution is 2.23. The molecule has 2 amide bonds. The Morgan fingerprint density at radius 3 is 2.09 bits per heavy atom. The number of nitrogens with one attached hydrogen (secondary N) is 2. The molecule has 0 aromatic heterocycles. The van der Waals surface area contributed by atoms with Gasteiger partial charge in [-0.25, -0.2) is 0 Å². The van der Waals surface area contributed by atoms with Gasteiger partial charge >= 0.3 is 0 Å². The van der Waals surface area contributed by atoms with Crippen LogP contribution in [0.2, 0.25) is 0 Å². The third kappa shape index (κ3) is 4.18. The molecule has 2 rings (SSSR count). The van der Waals surface area contributed by atoms with Crippen molar-refractivity contribution in [3.05, 3.63) is 29.8 Å². The predicted octanol–water partition coefficient (Wildman–Crippen LogP) is 2.91. The molecule has 0 radical (unpaired) electrons. The first-order valence-corrected chi connectivity index (χ1v) is 8.04. The largest absolute Gasteiger partial charge is 0.352 e. The Hall–Kier alpha value is -2.17. The van der Waals surface area contributed by atoms with Crippen molar-refractivity contribution in [2.45, 2.75) is 52.5 Å². The number of carbonyl (C=O) groups is 3. The Balaban J connectivity index is 1.99. The van der Waals surface area contributed by atoms with Gasteiger partial charge in [-0.1, -0.05) is 12.8 Å². The standard InChI is InChI=1S/C18H24N2O3/c1-12(21)13-8-10-15(11-9-13)20-17(23)18(2,3)16(22)19-14-6-4-5-7-14/h8-11,14H,4-7H2,1-3H3,(H,19,22)(H,20,23). The normalized spacial score (nSPS) is 15.3. The van der Waals surface area contributed by atoms with E-state index in [4.69, 9.17) is 0 Å². The number of carbonyl (C=O) groups excluding carboxylic acids is 3. The summed E-state index contributed by atoms with van der Waals surface area (Å²) in [5.74, 6) is -0.634. The van der Waals surface area contributed by atoms with Crippen molar-refractivity contribution in [3.63, 3.8) is 0 Å². The third-order valence-corrected chi connectivity index (χ3v) is 4.37. The maximum Gasteiger partial charge on any atom is 0.239 e. The minimum atomic E-state index is -1.15. The van der Waals surface area contributed by atoms with Crippen LogP contribution in [-0.2, 0) is 9.59 Å². The number of amides is 2. The monoisotopic (exact) mass is 316 g/mol. The lowest BCUT2D eigenvalue weighted by atomic mass is 9.90. The Morgan fingerprint density at radius 2 is 1.57 bits per heavy atom. The molecule has 0 bridgehead atoms.